The predicted octanol–water partition coefficient (Wildman–Crippen LogP) is 2.13. The molecule has 2 fully saturated rings. The molecular weight excluding hydrogens is 320 g/mol. The Morgan fingerprint density at radius 1 is 1.32 bits per heavy atom. The SMILES string of the molecule is O=C(Nc1cc2c(-c3cnn([C@@H]4CCOC4)c3)n[nH]c2cn1)C1CC1. The summed E-state index contributed by atoms with van der Waals surface area (Å²) in [5.41, 5.74) is 2.57. The Bertz CT molecular complexity index is 936. The second-order valence-corrected chi connectivity index (χ2v) is 6.68. The number of carbonyl (C=O) groups is 1. The van der Waals surface area contributed by atoms with Crippen LogP contribution in [0.3, 0.4) is 0 Å². The molecule has 3 aromatic rings. The number of aromatic nitrogens is 5. The molecule has 8 heteroatoms. The molecule has 0 aromatic carbocycles. The van der Waals surface area contributed by atoms with Crippen LogP contribution in [0.5, 0.6) is 0 Å². The van der Waals surface area contributed by atoms with Crippen molar-refractivity contribution in [3.8, 4) is 11.3 Å². The lowest BCUT2D eigenvalue weighted by molar-refractivity contribution is -0.117. The number of fused-ring (bicyclic) bond motifs is 1. The summed E-state index contributed by atoms with van der Waals surface area (Å²) < 4.78 is 7.37. The van der Waals surface area contributed by atoms with E-state index in [1.165, 1.54) is 0 Å². The van der Waals surface area contributed by atoms with Crippen LogP contribution in [0.15, 0.2) is 24.7 Å². The third kappa shape index (κ3) is 2.68. The topological polar surface area (TPSA) is 97.7 Å². The minimum atomic E-state index is 0.0472. The first-order valence-electron chi connectivity index (χ1n) is 8.55. The number of pyridine rings is 1. The lowest BCUT2D eigenvalue weighted by Gasteiger charge is -2.06. The van der Waals surface area contributed by atoms with E-state index < -0.39 is 0 Å². The first kappa shape index (κ1) is 14.6. The maximum absolute atomic E-state index is 12.0. The molecule has 128 valence electrons. The van der Waals surface area contributed by atoms with Crippen LogP contribution in [0.25, 0.3) is 22.2 Å². The van der Waals surface area contributed by atoms with Crippen LogP contribution in [0, 0.1) is 5.92 Å². The molecule has 2 aliphatic rings. The molecule has 2 N–H and O–H groups in total. The maximum Gasteiger partial charge on any atom is 0.228 e. The maximum atomic E-state index is 12.0. The van der Waals surface area contributed by atoms with Crippen molar-refractivity contribution in [1.29, 1.82) is 0 Å². The highest BCUT2D eigenvalue weighted by atomic mass is 16.5. The summed E-state index contributed by atoms with van der Waals surface area (Å²) in [7, 11) is 0. The van der Waals surface area contributed by atoms with E-state index in [4.69, 9.17) is 4.74 Å². The van der Waals surface area contributed by atoms with E-state index in [-0.39, 0.29) is 17.9 Å². The Hall–Kier alpha value is -2.74. The Morgan fingerprint density at radius 3 is 3.04 bits per heavy atom. The zero-order valence-corrected chi connectivity index (χ0v) is 13.6. The number of hydrogen-bond donors (Lipinski definition) is 2. The van der Waals surface area contributed by atoms with Crippen LogP contribution < -0.4 is 5.32 Å². The third-order valence-corrected chi connectivity index (χ3v) is 4.80. The number of nitrogens with one attached hydrogen (secondary N) is 2. The molecule has 3 aromatic heterocycles. The summed E-state index contributed by atoms with van der Waals surface area (Å²) in [6, 6.07) is 2.15. The second kappa shape index (κ2) is 5.66. The number of amides is 1. The molecule has 0 radical (unpaired) electrons. The molecule has 5 rings (SSSR count). The van der Waals surface area contributed by atoms with Crippen molar-refractivity contribution in [2.45, 2.75) is 25.3 Å². The molecule has 0 bridgehead atoms. The zero-order chi connectivity index (χ0) is 16.8. The first-order chi connectivity index (χ1) is 12.3. The van der Waals surface area contributed by atoms with Crippen LogP contribution in [0.2, 0.25) is 0 Å². The highest BCUT2D eigenvalue weighted by molar-refractivity contribution is 5.98. The van der Waals surface area contributed by atoms with Gasteiger partial charge in [0.1, 0.15) is 11.5 Å². The molecule has 8 nitrogen and oxygen atoms in total. The summed E-state index contributed by atoms with van der Waals surface area (Å²) in [5, 5.41) is 15.7. The van der Waals surface area contributed by atoms with Crippen molar-refractivity contribution in [2.75, 3.05) is 18.5 Å². The fraction of sp³-hybridized carbons (Fsp3) is 0.412. The van der Waals surface area contributed by atoms with Crippen molar-refractivity contribution in [3.05, 3.63) is 24.7 Å². The van der Waals surface area contributed by atoms with Crippen LogP contribution in [0.4, 0.5) is 5.82 Å². The summed E-state index contributed by atoms with van der Waals surface area (Å²) in [4.78, 5) is 16.2. The van der Waals surface area contributed by atoms with Crippen LogP contribution in [-0.4, -0.2) is 44.1 Å². The smallest absolute Gasteiger partial charge is 0.228 e. The van der Waals surface area contributed by atoms with Gasteiger partial charge in [-0.25, -0.2) is 4.98 Å². The average Bonchev–Trinajstić information content (AvgIpc) is 3.03. The quantitative estimate of drug-likeness (QED) is 0.759. The third-order valence-electron chi connectivity index (χ3n) is 4.80. The van der Waals surface area contributed by atoms with Gasteiger partial charge in [-0.2, -0.15) is 10.2 Å². The largest absolute Gasteiger partial charge is 0.379 e. The minimum absolute atomic E-state index is 0.0472. The standard InChI is InChI=1S/C17H18N6O2/c24-17(10-1-2-10)20-15-5-13-14(7-18-15)21-22-16(13)11-6-19-23(8-11)12-3-4-25-9-12/h5-8,10,12H,1-4,9H2,(H,21,22)(H,18,20,24)/t12-/m1/s1. The molecule has 0 unspecified atom stereocenters. The second-order valence-electron chi connectivity index (χ2n) is 6.68. The van der Waals surface area contributed by atoms with E-state index in [2.05, 4.69) is 25.6 Å². The van der Waals surface area contributed by atoms with Gasteiger partial charge in [-0.1, -0.05) is 0 Å². The number of rotatable bonds is 4. The first-order valence-corrected chi connectivity index (χ1v) is 8.55. The highest BCUT2D eigenvalue weighted by Crippen LogP contribution is 2.31. The van der Waals surface area contributed by atoms with E-state index in [9.17, 15) is 4.79 Å². The van der Waals surface area contributed by atoms with Crippen molar-refractivity contribution < 1.29 is 9.53 Å². The van der Waals surface area contributed by atoms with Crippen LogP contribution in [-0.2, 0) is 9.53 Å². The molecule has 1 aliphatic carbocycles. The number of carbonyl (C=O) groups excluding carboxylic acids is 1. The Balaban J connectivity index is 1.47. The lowest BCUT2D eigenvalue weighted by Crippen LogP contribution is -2.14. The summed E-state index contributed by atoms with van der Waals surface area (Å²) in [5.74, 6) is 0.753. The van der Waals surface area contributed by atoms with Gasteiger partial charge in [-0.05, 0) is 25.3 Å². The van der Waals surface area contributed by atoms with Gasteiger partial charge < -0.3 is 10.1 Å². The van der Waals surface area contributed by atoms with Gasteiger partial charge in [0.15, 0.2) is 0 Å². The Labute approximate surface area is 143 Å². The number of nitrogens with zero attached hydrogens (tertiary/aromatic N) is 4. The van der Waals surface area contributed by atoms with E-state index in [1.54, 1.807) is 6.20 Å². The molecule has 25 heavy (non-hydrogen) atoms. The zero-order valence-electron chi connectivity index (χ0n) is 13.6. The van der Waals surface area contributed by atoms with Gasteiger partial charge in [0, 0.05) is 29.7 Å². The lowest BCUT2D eigenvalue weighted by atomic mass is 10.1. The van der Waals surface area contributed by atoms with Gasteiger partial charge in [0.05, 0.1) is 30.6 Å². The molecular formula is C17H18N6O2. The predicted molar refractivity (Wildman–Crippen MR) is 90.9 cm³/mol. The van der Waals surface area contributed by atoms with Crippen molar-refractivity contribution in [3.63, 3.8) is 0 Å². The van der Waals surface area contributed by atoms with Crippen molar-refractivity contribution in [1.82, 2.24) is 25.0 Å². The van der Waals surface area contributed by atoms with E-state index in [1.807, 2.05) is 23.1 Å². The summed E-state index contributed by atoms with van der Waals surface area (Å²) in [6.07, 6.45) is 8.42. The molecule has 1 aliphatic heterocycles. The molecule has 1 saturated heterocycles. The normalized spacial score (nSPS) is 20.2. The Kier molecular flexibility index (Phi) is 3.30. The molecule has 1 amide bonds. The number of hydrogen-bond acceptors (Lipinski definition) is 5. The number of aromatic amines is 1. The molecule has 1 atom stereocenters. The molecule has 4 heterocycles. The highest BCUT2D eigenvalue weighted by Gasteiger charge is 2.30. The van der Waals surface area contributed by atoms with Gasteiger partial charge >= 0.3 is 0 Å². The van der Waals surface area contributed by atoms with Gasteiger partial charge in [-0.3, -0.25) is 14.6 Å². The minimum Gasteiger partial charge on any atom is -0.379 e. The van der Waals surface area contributed by atoms with Crippen molar-refractivity contribution in [2.24, 2.45) is 5.92 Å². The fourth-order valence-electron chi connectivity index (χ4n) is 3.17. The summed E-state index contributed by atoms with van der Waals surface area (Å²) >= 11 is 0. The van der Waals surface area contributed by atoms with Crippen LogP contribution in [0.1, 0.15) is 25.3 Å². The van der Waals surface area contributed by atoms with E-state index >= 15 is 0 Å². The Morgan fingerprint density at radius 2 is 2.24 bits per heavy atom. The number of H-pyrrole nitrogens is 1. The monoisotopic (exact) mass is 338 g/mol. The average molecular weight is 338 g/mol. The molecule has 0 spiro atoms. The van der Waals surface area contributed by atoms with E-state index in [0.29, 0.717) is 12.4 Å². The van der Waals surface area contributed by atoms with Crippen LogP contribution >= 0.6 is 0 Å². The van der Waals surface area contributed by atoms with Crippen molar-refractivity contribution >= 4 is 22.6 Å². The van der Waals surface area contributed by atoms with Gasteiger partial charge in [0.25, 0.3) is 0 Å². The number of anilines is 1. The van der Waals surface area contributed by atoms with Gasteiger partial charge in [-0.15, -0.1) is 0 Å². The fourth-order valence-corrected chi connectivity index (χ4v) is 3.17. The van der Waals surface area contributed by atoms with E-state index in [0.717, 1.165) is 48.0 Å². The summed E-state index contributed by atoms with van der Waals surface area (Å²) in [6.45, 7) is 1.48. The molecule has 1 saturated carbocycles. The van der Waals surface area contributed by atoms with Gasteiger partial charge in [0.2, 0.25) is 5.91 Å². The number of ether oxygens (including phenoxy) is 1.